The third-order valence-electron chi connectivity index (χ3n) is 2.15. The Morgan fingerprint density at radius 1 is 1.08 bits per heavy atom. The molecule has 76 valence electrons. The first-order valence-electron chi connectivity index (χ1n) is 4.31. The van der Waals surface area contributed by atoms with E-state index in [0.717, 1.165) is 0 Å². The molecular formula is C9H16O4. The van der Waals surface area contributed by atoms with Crippen LogP contribution in [-0.4, -0.2) is 22.2 Å². The zero-order valence-electron chi connectivity index (χ0n) is 8.15. The Morgan fingerprint density at radius 2 is 1.54 bits per heavy atom. The van der Waals surface area contributed by atoms with E-state index in [-0.39, 0.29) is 12.3 Å². The normalized spacial score (nSPS) is 15.4. The molecule has 0 aromatic carbocycles. The van der Waals surface area contributed by atoms with Gasteiger partial charge in [0.1, 0.15) is 0 Å². The minimum Gasteiger partial charge on any atom is -0.481 e. The summed E-state index contributed by atoms with van der Waals surface area (Å²) in [6.07, 6.45) is 0.197. The molecule has 2 atom stereocenters. The van der Waals surface area contributed by atoms with Gasteiger partial charge < -0.3 is 10.2 Å². The highest BCUT2D eigenvalue weighted by Crippen LogP contribution is 2.20. The molecule has 2 N–H and O–H groups in total. The molecule has 0 fully saturated rings. The molecule has 0 amide bonds. The summed E-state index contributed by atoms with van der Waals surface area (Å²) in [6, 6.07) is 0. The molecule has 0 aliphatic heterocycles. The fourth-order valence-corrected chi connectivity index (χ4v) is 1.14. The van der Waals surface area contributed by atoms with E-state index in [2.05, 4.69) is 0 Å². The van der Waals surface area contributed by atoms with Gasteiger partial charge in [-0.15, -0.1) is 0 Å². The molecule has 0 aromatic heterocycles. The third kappa shape index (κ3) is 3.92. The number of hydrogen-bond donors (Lipinski definition) is 2. The molecule has 2 unspecified atom stereocenters. The van der Waals surface area contributed by atoms with Gasteiger partial charge in [0.05, 0.1) is 11.8 Å². The van der Waals surface area contributed by atoms with Crippen LogP contribution in [0.5, 0.6) is 0 Å². The Balaban J connectivity index is 4.27. The van der Waals surface area contributed by atoms with Gasteiger partial charge in [-0.2, -0.15) is 0 Å². The van der Waals surface area contributed by atoms with E-state index in [9.17, 15) is 9.59 Å². The summed E-state index contributed by atoms with van der Waals surface area (Å²) < 4.78 is 0. The topological polar surface area (TPSA) is 74.6 Å². The lowest BCUT2D eigenvalue weighted by atomic mass is 9.87. The largest absolute Gasteiger partial charge is 0.481 e. The highest BCUT2D eigenvalue weighted by Gasteiger charge is 2.26. The van der Waals surface area contributed by atoms with Crippen LogP contribution in [0, 0.1) is 17.8 Å². The molecule has 0 radical (unpaired) electrons. The van der Waals surface area contributed by atoms with Crippen LogP contribution >= 0.6 is 0 Å². The van der Waals surface area contributed by atoms with Crippen molar-refractivity contribution in [3.05, 3.63) is 0 Å². The van der Waals surface area contributed by atoms with E-state index in [1.165, 1.54) is 6.92 Å². The summed E-state index contributed by atoms with van der Waals surface area (Å²) in [5.74, 6) is -3.04. The number of carbonyl (C=O) groups is 2. The van der Waals surface area contributed by atoms with Gasteiger partial charge in [0.25, 0.3) is 0 Å². The molecular weight excluding hydrogens is 172 g/mol. The molecule has 0 aliphatic carbocycles. The van der Waals surface area contributed by atoms with Crippen molar-refractivity contribution < 1.29 is 19.8 Å². The summed E-state index contributed by atoms with van der Waals surface area (Å²) in [7, 11) is 0. The van der Waals surface area contributed by atoms with Crippen LogP contribution in [0.4, 0.5) is 0 Å². The van der Waals surface area contributed by atoms with Crippen molar-refractivity contribution in [3.8, 4) is 0 Å². The second kappa shape index (κ2) is 4.84. The van der Waals surface area contributed by atoms with Crippen LogP contribution in [0.1, 0.15) is 27.2 Å². The minimum absolute atomic E-state index is 0.0284. The number of rotatable bonds is 5. The van der Waals surface area contributed by atoms with Crippen LogP contribution in [-0.2, 0) is 9.59 Å². The molecule has 0 heterocycles. The van der Waals surface area contributed by atoms with Gasteiger partial charge >= 0.3 is 11.9 Å². The number of carboxylic acid groups (broad SMARTS) is 2. The van der Waals surface area contributed by atoms with Gasteiger partial charge in [-0.1, -0.05) is 20.8 Å². The minimum atomic E-state index is -0.938. The average Bonchev–Trinajstić information content (AvgIpc) is 1.97. The molecule has 0 rings (SSSR count). The maximum Gasteiger partial charge on any atom is 0.306 e. The van der Waals surface area contributed by atoms with Gasteiger partial charge in [0, 0.05) is 0 Å². The predicted molar refractivity (Wildman–Crippen MR) is 47.4 cm³/mol. The van der Waals surface area contributed by atoms with E-state index in [4.69, 9.17) is 10.2 Å². The fraction of sp³-hybridized carbons (Fsp3) is 0.778. The average molecular weight is 188 g/mol. The lowest BCUT2D eigenvalue weighted by Gasteiger charge is -2.17. The zero-order valence-corrected chi connectivity index (χ0v) is 8.15. The molecule has 0 saturated carbocycles. The first-order valence-corrected chi connectivity index (χ1v) is 4.31. The molecule has 0 bridgehead atoms. The highest BCUT2D eigenvalue weighted by molar-refractivity contribution is 5.73. The Kier molecular flexibility index (Phi) is 4.45. The van der Waals surface area contributed by atoms with Gasteiger partial charge in [-0.25, -0.2) is 0 Å². The lowest BCUT2D eigenvalue weighted by molar-refractivity contribution is -0.146. The Hall–Kier alpha value is -1.06. The quantitative estimate of drug-likeness (QED) is 0.684. The molecule has 0 aromatic rings. The SMILES string of the molecule is CC(CC(C(=O)O)C(C)C)C(=O)O. The van der Waals surface area contributed by atoms with Gasteiger partial charge in [-0.05, 0) is 12.3 Å². The van der Waals surface area contributed by atoms with Crippen molar-refractivity contribution in [2.24, 2.45) is 17.8 Å². The molecule has 0 spiro atoms. The van der Waals surface area contributed by atoms with E-state index >= 15 is 0 Å². The monoisotopic (exact) mass is 188 g/mol. The molecule has 4 heteroatoms. The first-order chi connectivity index (χ1) is 5.86. The third-order valence-corrected chi connectivity index (χ3v) is 2.15. The summed E-state index contributed by atoms with van der Waals surface area (Å²) in [5, 5.41) is 17.4. The van der Waals surface area contributed by atoms with Crippen molar-refractivity contribution in [3.63, 3.8) is 0 Å². The second-order valence-electron chi connectivity index (χ2n) is 3.66. The Morgan fingerprint density at radius 3 is 1.77 bits per heavy atom. The van der Waals surface area contributed by atoms with Crippen LogP contribution < -0.4 is 0 Å². The van der Waals surface area contributed by atoms with Crippen LogP contribution in [0.25, 0.3) is 0 Å². The standard InChI is InChI=1S/C9H16O4/c1-5(2)7(9(12)13)4-6(3)8(10)11/h5-7H,4H2,1-3H3,(H,10,11)(H,12,13). The molecule has 4 nitrogen and oxygen atoms in total. The molecule has 0 saturated heterocycles. The van der Waals surface area contributed by atoms with Crippen molar-refractivity contribution in [2.45, 2.75) is 27.2 Å². The van der Waals surface area contributed by atoms with E-state index in [1.54, 1.807) is 13.8 Å². The second-order valence-corrected chi connectivity index (χ2v) is 3.66. The smallest absolute Gasteiger partial charge is 0.306 e. The van der Waals surface area contributed by atoms with E-state index < -0.39 is 23.8 Å². The number of aliphatic carboxylic acids is 2. The van der Waals surface area contributed by atoms with Crippen LogP contribution in [0.15, 0.2) is 0 Å². The maximum absolute atomic E-state index is 10.7. The predicted octanol–water partition coefficient (Wildman–Crippen LogP) is 1.45. The summed E-state index contributed by atoms with van der Waals surface area (Å²) >= 11 is 0. The number of carboxylic acids is 2. The summed E-state index contributed by atoms with van der Waals surface area (Å²) in [6.45, 7) is 5.10. The van der Waals surface area contributed by atoms with Crippen molar-refractivity contribution in [1.82, 2.24) is 0 Å². The molecule has 13 heavy (non-hydrogen) atoms. The first kappa shape index (κ1) is 11.9. The summed E-state index contributed by atoms with van der Waals surface area (Å²) in [5.41, 5.74) is 0. The van der Waals surface area contributed by atoms with Crippen LogP contribution in [0.2, 0.25) is 0 Å². The van der Waals surface area contributed by atoms with E-state index in [0.29, 0.717) is 0 Å². The maximum atomic E-state index is 10.7. The van der Waals surface area contributed by atoms with Crippen molar-refractivity contribution in [1.29, 1.82) is 0 Å². The van der Waals surface area contributed by atoms with Gasteiger partial charge in [0.15, 0.2) is 0 Å². The summed E-state index contributed by atoms with van der Waals surface area (Å²) in [4.78, 5) is 21.2. The van der Waals surface area contributed by atoms with Crippen LogP contribution in [0.3, 0.4) is 0 Å². The van der Waals surface area contributed by atoms with Gasteiger partial charge in [-0.3, -0.25) is 9.59 Å². The van der Waals surface area contributed by atoms with Crippen molar-refractivity contribution in [2.75, 3.05) is 0 Å². The number of hydrogen-bond acceptors (Lipinski definition) is 2. The Bertz CT molecular complexity index is 198. The Labute approximate surface area is 77.6 Å². The van der Waals surface area contributed by atoms with E-state index in [1.807, 2.05) is 0 Å². The molecule has 0 aliphatic rings. The lowest BCUT2D eigenvalue weighted by Crippen LogP contribution is -2.24. The fourth-order valence-electron chi connectivity index (χ4n) is 1.14. The highest BCUT2D eigenvalue weighted by atomic mass is 16.4. The van der Waals surface area contributed by atoms with Gasteiger partial charge in [0.2, 0.25) is 0 Å². The zero-order chi connectivity index (χ0) is 10.6. The van der Waals surface area contributed by atoms with Crippen molar-refractivity contribution >= 4 is 11.9 Å².